The largest absolute Gasteiger partial charge is 0.380 e. The highest BCUT2D eigenvalue weighted by Gasteiger charge is 2.31. The predicted octanol–water partition coefficient (Wildman–Crippen LogP) is 16.9. The number of carbonyl (C=O) groups is 6. The van der Waals surface area contributed by atoms with Crippen molar-refractivity contribution in [2.24, 2.45) is 0 Å². The summed E-state index contributed by atoms with van der Waals surface area (Å²) in [5.74, 6) is -2.56. The number of nitrogens with one attached hydrogen (secondary N) is 6. The molecule has 6 aromatic carbocycles. The number of anilines is 6. The molecular formula is C86H118Cl2F4N12O6. The van der Waals surface area contributed by atoms with Gasteiger partial charge in [-0.05, 0) is 200 Å². The van der Waals surface area contributed by atoms with Crippen molar-refractivity contribution in [3.05, 3.63) is 175 Å². The second-order valence-corrected chi connectivity index (χ2v) is 30.6. The third kappa shape index (κ3) is 29.1. The Morgan fingerprint density at radius 2 is 0.564 bits per heavy atom. The Morgan fingerprint density at radius 1 is 0.309 bits per heavy atom. The van der Waals surface area contributed by atoms with Crippen LogP contribution in [0.1, 0.15) is 192 Å². The van der Waals surface area contributed by atoms with Gasteiger partial charge in [-0.25, -0.2) is 17.6 Å². The van der Waals surface area contributed by atoms with E-state index in [4.69, 9.17) is 23.2 Å². The number of halogens is 6. The van der Waals surface area contributed by atoms with Crippen LogP contribution in [0.2, 0.25) is 10.0 Å². The summed E-state index contributed by atoms with van der Waals surface area (Å²) in [6, 6.07) is 29.5. The smallest absolute Gasteiger partial charge is 0.155 e. The maximum Gasteiger partial charge on any atom is 0.155 e. The minimum atomic E-state index is -0.820. The van der Waals surface area contributed by atoms with E-state index < -0.39 is 28.8 Å². The van der Waals surface area contributed by atoms with Crippen LogP contribution in [0.3, 0.4) is 0 Å². The summed E-state index contributed by atoms with van der Waals surface area (Å²) in [4.78, 5) is 78.2. The average molecular weight is 1560 g/mol. The van der Waals surface area contributed by atoms with Gasteiger partial charge in [0.25, 0.3) is 0 Å². The van der Waals surface area contributed by atoms with Crippen LogP contribution < -0.4 is 31.9 Å². The first-order valence-corrected chi connectivity index (χ1v) is 40.4. The normalized spacial score (nSPS) is 16.3. The fourth-order valence-electron chi connectivity index (χ4n) is 13.7. The molecule has 0 amide bonds. The molecule has 6 fully saturated rings. The summed E-state index contributed by atoms with van der Waals surface area (Å²) >= 11 is 12.0. The van der Waals surface area contributed by atoms with Crippen molar-refractivity contribution in [2.45, 2.75) is 169 Å². The molecule has 24 heteroatoms. The van der Waals surface area contributed by atoms with Gasteiger partial charge in [-0.3, -0.25) is 58.2 Å². The number of rotatable bonds is 36. The standard InChI is InChI=1S/C16H24N2O.C14H18Cl2N2O.C14H18F2N2O.2C14H19FN2O.C14H20N2O/c1-4-5-6-18-9-15(10-18)17-14-7-12(2)16(11-19)13(3)8-14;2*1-2-3-4-18-7-11(8-18)17-10-5-13(15)12(9-19)14(16)6-10;2*1-2-3-6-17-8-13(9-17)16-12-5-4-11(10-18)14(15)7-12;1-2-3-8-16-9-14(10-16)15-13-6-4-12(11-17)5-7-13/h7-8,11,15,17H,4-6,9-10H2,1-3H3;2*5-6,9,11,17H,2-4,7-8H2,1H3;2*4-5,7,10,13,16H,2-3,6,8-9H2,1H3;4-7,11,14-15H,2-3,8-10H2,1H3. The molecule has 0 radical (unpaired) electrons. The number of aryl methyl sites for hydroxylation is 2. The molecule has 0 aromatic heterocycles. The highest BCUT2D eigenvalue weighted by molar-refractivity contribution is 6.39. The molecule has 6 aliphatic heterocycles. The molecule has 6 N–H and O–H groups in total. The average Bonchev–Trinajstić information content (AvgIpc) is 0.773. The quantitative estimate of drug-likeness (QED) is 0.0160. The van der Waals surface area contributed by atoms with Crippen LogP contribution >= 0.6 is 23.2 Å². The van der Waals surface area contributed by atoms with E-state index in [-0.39, 0.29) is 23.5 Å². The number of nitrogens with zero attached hydrogens (tertiary/aromatic N) is 6. The Balaban J connectivity index is 0.000000184. The van der Waals surface area contributed by atoms with Gasteiger partial charge in [0.05, 0.1) is 68.6 Å². The van der Waals surface area contributed by atoms with Gasteiger partial charge in [-0.2, -0.15) is 0 Å². The lowest BCUT2D eigenvalue weighted by Gasteiger charge is -2.40. The van der Waals surface area contributed by atoms with Crippen molar-refractivity contribution < 1.29 is 46.3 Å². The van der Waals surface area contributed by atoms with E-state index in [9.17, 15) is 46.3 Å². The van der Waals surface area contributed by atoms with E-state index in [1.807, 2.05) is 38.1 Å². The van der Waals surface area contributed by atoms with Crippen LogP contribution in [0.25, 0.3) is 0 Å². The number of unbranched alkanes of at least 4 members (excludes halogenated alkanes) is 6. The van der Waals surface area contributed by atoms with Gasteiger partial charge >= 0.3 is 0 Å². The molecule has 6 heterocycles. The van der Waals surface area contributed by atoms with Gasteiger partial charge in [0.15, 0.2) is 31.4 Å². The predicted molar refractivity (Wildman–Crippen MR) is 443 cm³/mol. The lowest BCUT2D eigenvalue weighted by atomic mass is 10.0. The van der Waals surface area contributed by atoms with Gasteiger partial charge in [0, 0.05) is 124 Å². The Hall–Kier alpha value is -7.80. The molecular weight excluding hydrogens is 1440 g/mol. The highest BCUT2D eigenvalue weighted by atomic mass is 35.5. The summed E-state index contributed by atoms with van der Waals surface area (Å²) in [6.07, 6.45) is 18.6. The van der Waals surface area contributed by atoms with Crippen molar-refractivity contribution in [1.29, 1.82) is 0 Å². The number of likely N-dealkylation sites (tertiary alicyclic amines) is 6. The van der Waals surface area contributed by atoms with Crippen molar-refractivity contribution >= 4 is 95.0 Å². The Morgan fingerprint density at radius 3 is 0.827 bits per heavy atom. The summed E-state index contributed by atoms with van der Waals surface area (Å²) in [5.41, 5.74) is 8.74. The number of hydrogen-bond acceptors (Lipinski definition) is 18. The fraction of sp³-hybridized carbons (Fsp3) is 0.512. The van der Waals surface area contributed by atoms with E-state index in [2.05, 4.69) is 115 Å². The number of benzene rings is 6. The molecule has 18 nitrogen and oxygen atoms in total. The van der Waals surface area contributed by atoms with E-state index in [1.54, 1.807) is 24.3 Å². The Labute approximate surface area is 660 Å². The second-order valence-electron chi connectivity index (χ2n) is 29.8. The molecule has 12 rings (SSSR count). The van der Waals surface area contributed by atoms with Crippen LogP contribution in [-0.2, 0) is 0 Å². The van der Waals surface area contributed by atoms with Gasteiger partial charge < -0.3 is 31.9 Å². The number of hydrogen-bond donors (Lipinski definition) is 6. The maximum atomic E-state index is 13.4. The third-order valence-corrected chi connectivity index (χ3v) is 21.0. The first-order valence-electron chi connectivity index (χ1n) is 39.6. The molecule has 6 saturated heterocycles. The topological polar surface area (TPSA) is 194 Å². The van der Waals surface area contributed by atoms with Crippen molar-refractivity contribution in [3.8, 4) is 0 Å². The summed E-state index contributed by atoms with van der Waals surface area (Å²) in [7, 11) is 0. The Bertz CT molecular complexity index is 3480. The first-order chi connectivity index (χ1) is 53.2. The lowest BCUT2D eigenvalue weighted by Crippen LogP contribution is -2.54. The molecule has 6 aromatic rings. The maximum absolute atomic E-state index is 13.4. The van der Waals surface area contributed by atoms with Gasteiger partial charge in [0.1, 0.15) is 29.6 Å². The number of carbonyl (C=O) groups excluding carboxylic acids is 6. The molecule has 6 aliphatic rings. The summed E-state index contributed by atoms with van der Waals surface area (Å²) in [5, 5.41) is 20.9. The summed E-state index contributed by atoms with van der Waals surface area (Å²) in [6.45, 7) is 36.6. The minimum Gasteiger partial charge on any atom is -0.380 e. The highest BCUT2D eigenvalue weighted by Crippen LogP contribution is 2.30. The first kappa shape index (κ1) is 89.4. The number of aldehydes is 6. The van der Waals surface area contributed by atoms with Crippen LogP contribution in [0.4, 0.5) is 51.7 Å². The van der Waals surface area contributed by atoms with E-state index in [0.717, 1.165) is 168 Å². The molecule has 0 bridgehead atoms. The van der Waals surface area contributed by atoms with Gasteiger partial charge in [0.2, 0.25) is 0 Å². The fourth-order valence-corrected chi connectivity index (χ4v) is 14.2. The van der Waals surface area contributed by atoms with E-state index in [0.29, 0.717) is 70.4 Å². The van der Waals surface area contributed by atoms with Crippen molar-refractivity contribution in [1.82, 2.24) is 29.4 Å². The monoisotopic (exact) mass is 1560 g/mol. The molecule has 0 aliphatic carbocycles. The molecule has 0 spiro atoms. The van der Waals surface area contributed by atoms with Crippen LogP contribution in [0, 0.1) is 37.1 Å². The molecule has 600 valence electrons. The van der Waals surface area contributed by atoms with Gasteiger partial charge in [-0.1, -0.05) is 103 Å². The lowest BCUT2D eigenvalue weighted by molar-refractivity contribution is 0.110. The zero-order chi connectivity index (χ0) is 79.5. The minimum absolute atomic E-state index is 0.110. The SMILES string of the molecule is CCCCN1CC(Nc2cc(C)c(C=O)c(C)c2)C1.CCCCN1CC(Nc2cc(Cl)c(C=O)c(Cl)c2)C1.CCCCN1CC(Nc2cc(F)c(C=O)c(F)c2)C1.CCCCN1CC(Nc2ccc(C=O)c(F)c2)C1.CCCCN1CC(Nc2ccc(C=O)c(F)c2)C1.CCCCN1CC(Nc2ccc(C=O)cc2)C1. The van der Waals surface area contributed by atoms with Crippen LogP contribution in [0.15, 0.2) is 97.1 Å². The molecule has 0 unspecified atom stereocenters. The van der Waals surface area contributed by atoms with Crippen molar-refractivity contribution in [2.75, 3.05) is 150 Å². The Kier molecular flexibility index (Phi) is 38.6. The van der Waals surface area contributed by atoms with E-state index in [1.165, 1.54) is 127 Å². The zero-order valence-electron chi connectivity index (χ0n) is 65.8. The second kappa shape index (κ2) is 47.5. The summed E-state index contributed by atoms with van der Waals surface area (Å²) < 4.78 is 53.6. The van der Waals surface area contributed by atoms with Crippen LogP contribution in [-0.4, -0.2) is 221 Å². The van der Waals surface area contributed by atoms with Crippen molar-refractivity contribution in [3.63, 3.8) is 0 Å². The third-order valence-electron chi connectivity index (χ3n) is 20.3. The molecule has 0 saturated carbocycles. The zero-order valence-corrected chi connectivity index (χ0v) is 67.3. The molecule has 0 atom stereocenters. The molecule has 110 heavy (non-hydrogen) atoms. The van der Waals surface area contributed by atoms with Crippen LogP contribution in [0.5, 0.6) is 0 Å². The van der Waals surface area contributed by atoms with E-state index >= 15 is 0 Å². The van der Waals surface area contributed by atoms with Gasteiger partial charge in [-0.15, -0.1) is 0 Å².